The molecule has 0 amide bonds. The van der Waals surface area contributed by atoms with Crippen molar-refractivity contribution in [2.24, 2.45) is 0 Å². The molecule has 0 fully saturated rings. The van der Waals surface area contributed by atoms with Crippen LogP contribution < -0.4 is 0 Å². The number of phenolic OH excluding ortho intramolecular Hbond substituents is 1. The quantitative estimate of drug-likeness (QED) is 0.615. The molecule has 0 saturated carbocycles. The van der Waals surface area contributed by atoms with Crippen LogP contribution in [-0.2, 0) is 6.42 Å². The van der Waals surface area contributed by atoms with E-state index in [4.69, 9.17) is 11.6 Å². The molecule has 0 unspecified atom stereocenters. The Kier molecular flexibility index (Phi) is 3.31. The lowest BCUT2D eigenvalue weighted by molar-refractivity contribution is 0.101. The largest absolute Gasteiger partial charge is 0.506 e. The number of hydrogen-bond acceptors (Lipinski definition) is 2. The Morgan fingerprint density at radius 1 is 1.64 bits per heavy atom. The van der Waals surface area contributed by atoms with Gasteiger partial charge < -0.3 is 5.11 Å². The monoisotopic (exact) mass is 210 g/mol. The number of Topliss-reactive ketones (excluding diaryl/α,β-unsaturated/α-hetero) is 1. The smallest absolute Gasteiger partial charge is 0.159 e. The Labute approximate surface area is 87.8 Å². The van der Waals surface area contributed by atoms with Crippen molar-refractivity contribution in [2.75, 3.05) is 0 Å². The average molecular weight is 211 g/mol. The molecule has 1 rings (SSSR count). The molecule has 2 nitrogen and oxygen atoms in total. The molecule has 0 atom stereocenters. The summed E-state index contributed by atoms with van der Waals surface area (Å²) < 4.78 is 0. The molecule has 14 heavy (non-hydrogen) atoms. The van der Waals surface area contributed by atoms with Gasteiger partial charge in [-0.25, -0.2) is 0 Å². The number of halogens is 1. The summed E-state index contributed by atoms with van der Waals surface area (Å²) in [6.45, 7) is 5.02. The molecule has 74 valence electrons. The minimum Gasteiger partial charge on any atom is -0.506 e. The highest BCUT2D eigenvalue weighted by Gasteiger charge is 2.09. The number of phenols is 1. The Balaban J connectivity index is 3.27. The number of carbonyl (C=O) groups excluding carboxylic acids is 1. The first-order valence-corrected chi connectivity index (χ1v) is 4.57. The number of hydrogen-bond donors (Lipinski definition) is 1. The van der Waals surface area contributed by atoms with Crippen LogP contribution in [0.1, 0.15) is 22.8 Å². The van der Waals surface area contributed by atoms with Gasteiger partial charge in [-0.3, -0.25) is 4.79 Å². The molecule has 0 aliphatic carbocycles. The van der Waals surface area contributed by atoms with E-state index in [1.807, 2.05) is 0 Å². The minimum absolute atomic E-state index is 0.0246. The molecule has 0 saturated heterocycles. The fraction of sp³-hybridized carbons (Fsp3) is 0.182. The van der Waals surface area contributed by atoms with Gasteiger partial charge in [-0.05, 0) is 31.0 Å². The summed E-state index contributed by atoms with van der Waals surface area (Å²) in [7, 11) is 0. The molecular weight excluding hydrogens is 200 g/mol. The van der Waals surface area contributed by atoms with Crippen LogP contribution in [0.5, 0.6) is 5.75 Å². The molecule has 1 N–H and O–H groups in total. The van der Waals surface area contributed by atoms with Gasteiger partial charge in [0.25, 0.3) is 0 Å². The van der Waals surface area contributed by atoms with Crippen LogP contribution in [0, 0.1) is 0 Å². The Bertz CT molecular complexity index is 383. The van der Waals surface area contributed by atoms with E-state index in [1.165, 1.54) is 13.0 Å². The van der Waals surface area contributed by atoms with Crippen LogP contribution in [0.3, 0.4) is 0 Å². The van der Waals surface area contributed by atoms with Crippen molar-refractivity contribution in [3.05, 3.63) is 40.9 Å². The fourth-order valence-corrected chi connectivity index (χ4v) is 1.41. The lowest BCUT2D eigenvalue weighted by Crippen LogP contribution is -1.94. The maximum Gasteiger partial charge on any atom is 0.159 e. The highest BCUT2D eigenvalue weighted by molar-refractivity contribution is 6.32. The third-order valence-electron chi connectivity index (χ3n) is 1.91. The number of carbonyl (C=O) groups is 1. The molecule has 0 bridgehead atoms. The van der Waals surface area contributed by atoms with Gasteiger partial charge in [0.1, 0.15) is 5.75 Å². The van der Waals surface area contributed by atoms with Crippen molar-refractivity contribution in [1.29, 1.82) is 0 Å². The highest BCUT2D eigenvalue weighted by atomic mass is 35.5. The zero-order chi connectivity index (χ0) is 10.7. The second-order valence-corrected chi connectivity index (χ2v) is 3.42. The molecule has 0 aliphatic rings. The van der Waals surface area contributed by atoms with Crippen LogP contribution in [0.15, 0.2) is 24.8 Å². The SMILES string of the molecule is C=CCc1cc(C(C)=O)cc(Cl)c1O. The van der Waals surface area contributed by atoms with Crippen molar-refractivity contribution >= 4 is 17.4 Å². The summed E-state index contributed by atoms with van der Waals surface area (Å²) in [6, 6.07) is 3.09. The molecule has 0 radical (unpaired) electrons. The van der Waals surface area contributed by atoms with Gasteiger partial charge in [-0.1, -0.05) is 17.7 Å². The predicted octanol–water partition coefficient (Wildman–Crippen LogP) is 2.98. The van der Waals surface area contributed by atoms with E-state index >= 15 is 0 Å². The van der Waals surface area contributed by atoms with Crippen LogP contribution >= 0.6 is 11.6 Å². The minimum atomic E-state index is -0.0720. The molecule has 1 aromatic carbocycles. The molecule has 0 spiro atoms. The normalized spacial score (nSPS) is 9.86. The number of ketones is 1. The summed E-state index contributed by atoms with van der Waals surface area (Å²) in [4.78, 5) is 11.1. The van der Waals surface area contributed by atoms with E-state index in [0.29, 0.717) is 17.5 Å². The van der Waals surface area contributed by atoms with Crippen LogP contribution in [0.4, 0.5) is 0 Å². The maximum absolute atomic E-state index is 11.1. The van der Waals surface area contributed by atoms with E-state index < -0.39 is 0 Å². The highest BCUT2D eigenvalue weighted by Crippen LogP contribution is 2.29. The topological polar surface area (TPSA) is 37.3 Å². The average Bonchev–Trinajstić information content (AvgIpc) is 2.12. The fourth-order valence-electron chi connectivity index (χ4n) is 1.17. The van der Waals surface area contributed by atoms with Crippen molar-refractivity contribution in [1.82, 2.24) is 0 Å². The third-order valence-corrected chi connectivity index (χ3v) is 2.20. The zero-order valence-corrected chi connectivity index (χ0v) is 8.64. The standard InChI is InChI=1S/C11H11ClO2/c1-3-4-8-5-9(7(2)13)6-10(12)11(8)14/h3,5-6,14H,1,4H2,2H3. The van der Waals surface area contributed by atoms with Crippen LogP contribution in [0.2, 0.25) is 5.02 Å². The number of rotatable bonds is 3. The van der Waals surface area contributed by atoms with Gasteiger partial charge >= 0.3 is 0 Å². The first-order valence-electron chi connectivity index (χ1n) is 4.19. The van der Waals surface area contributed by atoms with Gasteiger partial charge in [-0.2, -0.15) is 0 Å². The molecule has 0 aliphatic heterocycles. The van der Waals surface area contributed by atoms with Crippen molar-refractivity contribution in [3.63, 3.8) is 0 Å². The first-order chi connectivity index (χ1) is 6.56. The number of aromatic hydroxyl groups is 1. The van der Waals surface area contributed by atoms with Gasteiger partial charge in [0.2, 0.25) is 0 Å². The molecule has 0 heterocycles. The summed E-state index contributed by atoms with van der Waals surface area (Å²) in [6.07, 6.45) is 2.14. The summed E-state index contributed by atoms with van der Waals surface area (Å²) >= 11 is 5.76. The summed E-state index contributed by atoms with van der Waals surface area (Å²) in [5, 5.41) is 9.75. The molecule has 3 heteroatoms. The van der Waals surface area contributed by atoms with Crippen LogP contribution in [-0.4, -0.2) is 10.9 Å². The number of benzene rings is 1. The lowest BCUT2D eigenvalue weighted by Gasteiger charge is -2.06. The van der Waals surface area contributed by atoms with Crippen molar-refractivity contribution in [3.8, 4) is 5.75 Å². The van der Waals surface area contributed by atoms with E-state index in [0.717, 1.165) is 0 Å². The Morgan fingerprint density at radius 2 is 2.29 bits per heavy atom. The van der Waals surface area contributed by atoms with Crippen LogP contribution in [0.25, 0.3) is 0 Å². The first kappa shape index (κ1) is 10.8. The Hall–Kier alpha value is -1.28. The molecule has 1 aromatic rings. The van der Waals surface area contributed by atoms with Gasteiger partial charge in [-0.15, -0.1) is 6.58 Å². The van der Waals surface area contributed by atoms with E-state index in [1.54, 1.807) is 12.1 Å². The second-order valence-electron chi connectivity index (χ2n) is 3.01. The van der Waals surface area contributed by atoms with Gasteiger partial charge in [0.15, 0.2) is 5.78 Å². The van der Waals surface area contributed by atoms with E-state index in [2.05, 4.69) is 6.58 Å². The van der Waals surface area contributed by atoms with Crippen molar-refractivity contribution in [2.45, 2.75) is 13.3 Å². The summed E-state index contributed by atoms with van der Waals surface area (Å²) in [5.74, 6) is -0.0474. The maximum atomic E-state index is 11.1. The van der Waals surface area contributed by atoms with E-state index in [-0.39, 0.29) is 16.6 Å². The molecule has 0 aromatic heterocycles. The third kappa shape index (κ3) is 2.15. The van der Waals surface area contributed by atoms with Gasteiger partial charge in [0, 0.05) is 5.56 Å². The molecular formula is C11H11ClO2. The lowest BCUT2D eigenvalue weighted by atomic mass is 10.0. The van der Waals surface area contributed by atoms with E-state index in [9.17, 15) is 9.90 Å². The van der Waals surface area contributed by atoms with Crippen molar-refractivity contribution < 1.29 is 9.90 Å². The summed E-state index contributed by atoms with van der Waals surface area (Å²) in [5.41, 5.74) is 1.13. The second kappa shape index (κ2) is 4.29. The number of allylic oxidation sites excluding steroid dienone is 1. The van der Waals surface area contributed by atoms with Gasteiger partial charge in [0.05, 0.1) is 5.02 Å². The zero-order valence-electron chi connectivity index (χ0n) is 7.88. The predicted molar refractivity (Wildman–Crippen MR) is 57.0 cm³/mol. The Morgan fingerprint density at radius 3 is 2.79 bits per heavy atom.